The van der Waals surface area contributed by atoms with E-state index in [9.17, 15) is 19.8 Å². The molecule has 0 aliphatic heterocycles. The van der Waals surface area contributed by atoms with Gasteiger partial charge in [0.1, 0.15) is 11.1 Å². The fourth-order valence-electron chi connectivity index (χ4n) is 8.00. The van der Waals surface area contributed by atoms with Crippen molar-refractivity contribution in [1.29, 1.82) is 0 Å². The van der Waals surface area contributed by atoms with Crippen molar-refractivity contribution in [2.24, 2.45) is 23.3 Å². The van der Waals surface area contributed by atoms with Gasteiger partial charge in [-0.25, -0.2) is 0 Å². The van der Waals surface area contributed by atoms with Crippen LogP contribution < -0.4 is 22.1 Å². The molecule has 6 rings (SSSR count). The van der Waals surface area contributed by atoms with E-state index in [-0.39, 0.29) is 86.2 Å². The lowest BCUT2D eigenvalue weighted by molar-refractivity contribution is -0.149. The van der Waals surface area contributed by atoms with Gasteiger partial charge in [-0.1, -0.05) is 74.2 Å². The van der Waals surface area contributed by atoms with E-state index in [1.54, 1.807) is 12.4 Å². The molecule has 0 amide bonds. The summed E-state index contributed by atoms with van der Waals surface area (Å²) in [6.45, 7) is 1.37. The zero-order valence-electron chi connectivity index (χ0n) is 33.5. The molecule has 2 aromatic carbocycles. The average molecular weight is 916 g/mol. The molecule has 14 nitrogen and oxygen atoms in total. The molecule has 2 heterocycles. The van der Waals surface area contributed by atoms with Gasteiger partial charge in [0.05, 0.1) is 11.0 Å². The number of carboxylic acid groups (broad SMARTS) is 2. The van der Waals surface area contributed by atoms with Gasteiger partial charge in [-0.3, -0.25) is 19.6 Å². The minimum absolute atomic E-state index is 0. The van der Waals surface area contributed by atoms with Gasteiger partial charge in [-0.15, -0.1) is 49.6 Å². The molecule has 332 valence electrons. The molecule has 2 aliphatic rings. The molecule has 0 radical (unpaired) electrons. The minimum Gasteiger partial charge on any atom is -0.480 e. The molecular formula is C40H60B2Cl4N6O8. The van der Waals surface area contributed by atoms with E-state index in [0.29, 0.717) is 51.6 Å². The lowest BCUT2D eigenvalue weighted by Crippen LogP contribution is -2.61. The number of unbranched alkanes of at least 4 members (excludes halogenated alkanes) is 2. The second-order valence-corrected chi connectivity index (χ2v) is 15.6. The number of fused-ring (bicyclic) bond motifs is 2. The molecule has 20 heteroatoms. The number of para-hydroxylation sites is 2. The van der Waals surface area contributed by atoms with Crippen LogP contribution in [0.2, 0.25) is 12.6 Å². The number of rotatable bonds is 20. The maximum atomic E-state index is 11.8. The van der Waals surface area contributed by atoms with Crippen molar-refractivity contribution in [3.63, 3.8) is 0 Å². The third kappa shape index (κ3) is 14.6. The number of nitrogens with one attached hydrogen (secondary N) is 2. The smallest absolute Gasteiger partial charge is 0.451 e. The third-order valence-corrected chi connectivity index (χ3v) is 11.7. The number of nitrogens with zero attached hydrogens (tertiary/aromatic N) is 2. The molecule has 2 aliphatic carbocycles. The Morgan fingerprint density at radius 2 is 0.950 bits per heavy atom. The average Bonchev–Trinajstić information content (AvgIpc) is 3.14. The Labute approximate surface area is 377 Å². The van der Waals surface area contributed by atoms with E-state index < -0.39 is 37.3 Å². The first-order valence-electron chi connectivity index (χ1n) is 19.7. The number of hydrogen-bond donors (Lipinski definition) is 10. The quantitative estimate of drug-likeness (QED) is 0.0425. The summed E-state index contributed by atoms with van der Waals surface area (Å²) in [6, 6.07) is 20.6. The van der Waals surface area contributed by atoms with E-state index in [1.165, 1.54) is 0 Å². The molecular weight excluding hydrogens is 856 g/mol. The van der Waals surface area contributed by atoms with Crippen LogP contribution in [-0.4, -0.2) is 89.6 Å². The van der Waals surface area contributed by atoms with Crippen molar-refractivity contribution in [1.82, 2.24) is 20.6 Å². The number of hydrogen-bond acceptors (Lipinski definition) is 12. The standard InChI is InChI=1S/2C20H28BN3O4.4ClH/c2*22-20(19(25)26,8-1-2-9-21(27)28)16-11-17(12-16)24-13-15-6-3-5-14-7-4-10-23-18(14)15;;;;/h2*3-7,10,16-17,24,27-28H,1-2,8-9,11-13,22H2,(H,25,26);4*1H/t16-,17+,20?;;;;;. The van der Waals surface area contributed by atoms with E-state index in [2.05, 4.69) is 32.7 Å². The largest absolute Gasteiger partial charge is 0.480 e. The monoisotopic (exact) mass is 914 g/mol. The predicted octanol–water partition coefficient (Wildman–Crippen LogP) is 4.74. The zero-order chi connectivity index (χ0) is 40.3. The first-order chi connectivity index (χ1) is 26.8. The van der Waals surface area contributed by atoms with Crippen LogP contribution in [0.4, 0.5) is 0 Å². The first-order valence-corrected chi connectivity index (χ1v) is 19.7. The Bertz CT molecular complexity index is 1770. The van der Waals surface area contributed by atoms with Gasteiger partial charge in [0.15, 0.2) is 0 Å². The molecule has 2 unspecified atom stereocenters. The Balaban J connectivity index is 0.000000562. The van der Waals surface area contributed by atoms with Crippen LogP contribution in [0.3, 0.4) is 0 Å². The Kier molecular flexibility index (Phi) is 23.9. The summed E-state index contributed by atoms with van der Waals surface area (Å²) in [4.78, 5) is 32.4. The molecule has 2 atom stereocenters. The number of benzene rings is 2. The molecule has 2 saturated carbocycles. The van der Waals surface area contributed by atoms with Gasteiger partial charge in [-0.2, -0.15) is 0 Å². The maximum absolute atomic E-state index is 11.8. The number of carboxylic acids is 2. The van der Waals surface area contributed by atoms with Crippen molar-refractivity contribution in [3.8, 4) is 0 Å². The van der Waals surface area contributed by atoms with Gasteiger partial charge in [0.25, 0.3) is 0 Å². The highest BCUT2D eigenvalue weighted by Crippen LogP contribution is 2.40. The Morgan fingerprint density at radius 3 is 1.28 bits per heavy atom. The summed E-state index contributed by atoms with van der Waals surface area (Å²) in [7, 11) is -2.70. The van der Waals surface area contributed by atoms with Crippen LogP contribution in [-0.2, 0) is 22.7 Å². The van der Waals surface area contributed by atoms with Gasteiger partial charge in [0.2, 0.25) is 0 Å². The topological polar surface area (TPSA) is 257 Å². The highest BCUT2D eigenvalue weighted by molar-refractivity contribution is 6.41. The van der Waals surface area contributed by atoms with E-state index in [4.69, 9.17) is 31.6 Å². The second kappa shape index (κ2) is 25.9. The fourth-order valence-corrected chi connectivity index (χ4v) is 8.00. The highest BCUT2D eigenvalue weighted by Gasteiger charge is 2.49. The number of nitrogens with two attached hydrogens (primary N) is 2. The van der Waals surface area contributed by atoms with Gasteiger partial charge in [-0.05, 0) is 86.3 Å². The molecule has 0 bridgehead atoms. The number of carbonyl (C=O) groups is 2. The molecule has 4 aromatic rings. The lowest BCUT2D eigenvalue weighted by atomic mass is 9.66. The maximum Gasteiger partial charge on any atom is 0.451 e. The van der Waals surface area contributed by atoms with Crippen LogP contribution in [0.15, 0.2) is 73.1 Å². The van der Waals surface area contributed by atoms with Gasteiger partial charge < -0.3 is 52.4 Å². The molecule has 60 heavy (non-hydrogen) atoms. The zero-order valence-corrected chi connectivity index (χ0v) is 36.7. The van der Waals surface area contributed by atoms with Crippen molar-refractivity contribution >= 4 is 97.6 Å². The van der Waals surface area contributed by atoms with Crippen LogP contribution in [0.25, 0.3) is 21.8 Å². The second-order valence-electron chi connectivity index (χ2n) is 15.6. The highest BCUT2D eigenvalue weighted by atomic mass is 35.5. The Morgan fingerprint density at radius 1 is 0.600 bits per heavy atom. The van der Waals surface area contributed by atoms with E-state index in [1.807, 2.05) is 48.5 Å². The van der Waals surface area contributed by atoms with Crippen LogP contribution >= 0.6 is 49.6 Å². The molecule has 2 fully saturated rings. The number of pyridine rings is 2. The minimum atomic E-state index is -1.35. The van der Waals surface area contributed by atoms with Crippen molar-refractivity contribution in [3.05, 3.63) is 84.2 Å². The number of aliphatic carboxylic acids is 2. The summed E-state index contributed by atoms with van der Waals surface area (Å²) >= 11 is 0. The van der Waals surface area contributed by atoms with Crippen molar-refractivity contribution in [2.45, 2.75) is 113 Å². The fraction of sp³-hybridized carbons (Fsp3) is 0.500. The van der Waals surface area contributed by atoms with Crippen LogP contribution in [0, 0.1) is 11.8 Å². The third-order valence-electron chi connectivity index (χ3n) is 11.7. The van der Waals surface area contributed by atoms with Gasteiger partial charge in [0, 0.05) is 48.3 Å². The predicted molar refractivity (Wildman–Crippen MR) is 246 cm³/mol. The normalized spacial score (nSPS) is 19.7. The van der Waals surface area contributed by atoms with Crippen molar-refractivity contribution < 1.29 is 39.9 Å². The summed E-state index contributed by atoms with van der Waals surface area (Å²) in [5, 5.41) is 64.1. The van der Waals surface area contributed by atoms with Crippen LogP contribution in [0.1, 0.15) is 75.3 Å². The first kappa shape index (κ1) is 55.2. The molecule has 0 saturated heterocycles. The number of aromatic nitrogens is 2. The van der Waals surface area contributed by atoms with Crippen molar-refractivity contribution in [2.75, 3.05) is 0 Å². The van der Waals surface area contributed by atoms with Gasteiger partial charge >= 0.3 is 26.2 Å². The molecule has 12 N–H and O–H groups in total. The van der Waals surface area contributed by atoms with Crippen LogP contribution in [0.5, 0.6) is 0 Å². The summed E-state index contributed by atoms with van der Waals surface area (Å²) in [5.74, 6) is -2.10. The van der Waals surface area contributed by atoms with E-state index >= 15 is 0 Å². The SMILES string of the molecule is Cl.Cl.Cl.Cl.NC(CCCCB(O)O)(C(=O)O)C1CC(NCc2cccc3cccnc23)C1.NC(CCCCB(O)O)(C(=O)O)[C@H]1C[C@@H](NCc2cccc3cccnc23)C1. The summed E-state index contributed by atoms with van der Waals surface area (Å²) < 4.78 is 0. The lowest BCUT2D eigenvalue weighted by Gasteiger charge is -2.45. The molecule has 2 aromatic heterocycles. The summed E-state index contributed by atoms with van der Waals surface area (Å²) in [6.07, 6.45) is 9.88. The number of halogens is 4. The summed E-state index contributed by atoms with van der Waals surface area (Å²) in [5.41, 5.74) is 14.2. The Hall–Kier alpha value is -2.83. The molecule has 0 spiro atoms. The van der Waals surface area contributed by atoms with E-state index in [0.717, 1.165) is 58.6 Å².